The number of nitrogens with one attached hydrogen (secondary N) is 1. The van der Waals surface area contributed by atoms with Crippen LogP contribution in [0.3, 0.4) is 0 Å². The first kappa shape index (κ1) is 13.7. The number of hydrogen-bond acceptors (Lipinski definition) is 3. The fourth-order valence-electron chi connectivity index (χ4n) is 2.04. The van der Waals surface area contributed by atoms with Crippen LogP contribution < -0.4 is 5.32 Å². The van der Waals surface area contributed by atoms with E-state index in [4.69, 9.17) is 9.66 Å². The molecule has 0 fully saturated rings. The lowest BCUT2D eigenvalue weighted by molar-refractivity contribution is 0.210. The van der Waals surface area contributed by atoms with Crippen LogP contribution in [0.2, 0.25) is 0 Å². The van der Waals surface area contributed by atoms with Gasteiger partial charge in [-0.15, -0.1) is 0 Å². The van der Waals surface area contributed by atoms with Crippen LogP contribution in [0.5, 0.6) is 0 Å². The fraction of sp³-hybridized carbons (Fsp3) is 0.333. The Balaban J connectivity index is 2.31. The van der Waals surface area contributed by atoms with E-state index in [0.29, 0.717) is 23.5 Å². The zero-order valence-electron chi connectivity index (χ0n) is 10.1. The highest BCUT2D eigenvalue weighted by Crippen LogP contribution is 2.28. The third-order valence-corrected chi connectivity index (χ3v) is 3.40. The molecule has 1 atom stereocenters. The molecule has 0 spiro atoms. The number of nitrogens with zero attached hydrogens (tertiary/aromatic N) is 1. The number of fused-ring (bicyclic) bond motifs is 1. The van der Waals surface area contributed by atoms with Gasteiger partial charge < -0.3 is 9.66 Å². The van der Waals surface area contributed by atoms with E-state index in [1.54, 1.807) is 12.1 Å². The molecule has 0 aliphatic carbocycles. The van der Waals surface area contributed by atoms with Gasteiger partial charge in [0.05, 0.1) is 11.4 Å². The van der Waals surface area contributed by atoms with Gasteiger partial charge in [-0.05, 0) is 37.0 Å². The second-order valence-electron chi connectivity index (χ2n) is 4.27. The molecule has 0 saturated carbocycles. The average molecular weight is 282 g/mol. The monoisotopic (exact) mass is 282 g/mol. The van der Waals surface area contributed by atoms with Crippen LogP contribution >= 0.6 is 0 Å². The third-order valence-electron chi connectivity index (χ3n) is 2.82. The van der Waals surface area contributed by atoms with Crippen LogP contribution in [-0.2, 0) is 17.5 Å². The molecule has 1 aliphatic heterocycles. The summed E-state index contributed by atoms with van der Waals surface area (Å²) in [5, 5.41) is 10.9. The van der Waals surface area contributed by atoms with Gasteiger partial charge in [-0.3, -0.25) is 10.3 Å². The summed E-state index contributed by atoms with van der Waals surface area (Å²) in [7, 11) is 0. The number of hydrogen-bond donors (Lipinski definition) is 3. The van der Waals surface area contributed by atoms with Crippen LogP contribution in [-0.4, -0.2) is 31.4 Å². The summed E-state index contributed by atoms with van der Waals surface area (Å²) in [5.74, 6) is 0.0377. The average Bonchev–Trinajstić information content (AvgIpc) is 2.48. The van der Waals surface area contributed by atoms with Gasteiger partial charge in [0.1, 0.15) is 0 Å². The van der Waals surface area contributed by atoms with Crippen LogP contribution in [0.15, 0.2) is 23.2 Å². The van der Waals surface area contributed by atoms with E-state index in [9.17, 15) is 9.00 Å². The van der Waals surface area contributed by atoms with Crippen LogP contribution in [0, 0.1) is 0 Å². The Morgan fingerprint density at radius 3 is 2.89 bits per heavy atom. The summed E-state index contributed by atoms with van der Waals surface area (Å²) in [6, 6.07) is 5.18. The molecular formula is C12H14N2O4S. The standard InChI is InChI=1S/C12H14N2O4S/c15-12(16)14-9-5-4-8-2-1-3-10(7-19(17)18)13-11(8)6-9/h4-6,14H,1-3,7H2,(H,15,16)(H,17,18). The lowest BCUT2D eigenvalue weighted by Crippen LogP contribution is -2.09. The van der Waals surface area contributed by atoms with E-state index in [2.05, 4.69) is 10.3 Å². The lowest BCUT2D eigenvalue weighted by atomic mass is 10.1. The van der Waals surface area contributed by atoms with Crippen LogP contribution in [0.4, 0.5) is 16.2 Å². The number of amides is 1. The molecule has 6 nitrogen and oxygen atoms in total. The molecule has 1 aromatic carbocycles. The van der Waals surface area contributed by atoms with Gasteiger partial charge in [-0.1, -0.05) is 6.07 Å². The molecule has 2 rings (SSSR count). The maximum absolute atomic E-state index is 10.8. The highest BCUT2D eigenvalue weighted by atomic mass is 32.2. The van der Waals surface area contributed by atoms with Crippen molar-refractivity contribution in [3.05, 3.63) is 23.8 Å². The highest BCUT2D eigenvalue weighted by molar-refractivity contribution is 7.80. The maximum Gasteiger partial charge on any atom is 0.409 e. The van der Waals surface area contributed by atoms with Crippen molar-refractivity contribution < 1.29 is 18.7 Å². The molecule has 0 saturated heterocycles. The topological polar surface area (TPSA) is 99.0 Å². The minimum Gasteiger partial charge on any atom is -0.465 e. The normalized spacial score (nSPS) is 15.9. The van der Waals surface area contributed by atoms with E-state index >= 15 is 0 Å². The van der Waals surface area contributed by atoms with E-state index < -0.39 is 17.2 Å². The molecule has 0 aromatic heterocycles. The molecule has 1 amide bonds. The fourth-order valence-corrected chi connectivity index (χ4v) is 2.53. The number of benzene rings is 1. The van der Waals surface area contributed by atoms with Gasteiger partial charge in [0.2, 0.25) is 0 Å². The largest absolute Gasteiger partial charge is 0.465 e. The van der Waals surface area contributed by atoms with E-state index in [-0.39, 0.29) is 5.75 Å². The molecule has 7 heteroatoms. The predicted molar refractivity (Wildman–Crippen MR) is 73.8 cm³/mol. The predicted octanol–water partition coefficient (Wildman–Crippen LogP) is 2.41. The van der Waals surface area contributed by atoms with Gasteiger partial charge >= 0.3 is 6.09 Å². The van der Waals surface area contributed by atoms with Crippen molar-refractivity contribution in [2.45, 2.75) is 19.3 Å². The van der Waals surface area contributed by atoms with Gasteiger partial charge in [0, 0.05) is 11.4 Å². The Hall–Kier alpha value is -1.73. The molecule has 0 radical (unpaired) electrons. The van der Waals surface area contributed by atoms with Crippen LogP contribution in [0.25, 0.3) is 0 Å². The van der Waals surface area contributed by atoms with Crippen molar-refractivity contribution in [2.75, 3.05) is 11.1 Å². The summed E-state index contributed by atoms with van der Waals surface area (Å²) in [4.78, 5) is 15.0. The first-order valence-corrected chi connectivity index (χ1v) is 7.09. The number of carboxylic acid groups (broad SMARTS) is 1. The van der Waals surface area contributed by atoms with Crippen molar-refractivity contribution in [1.82, 2.24) is 0 Å². The summed E-state index contributed by atoms with van der Waals surface area (Å²) in [6.45, 7) is 0. The molecule has 1 unspecified atom stereocenters. The summed E-state index contributed by atoms with van der Waals surface area (Å²) >= 11 is -1.90. The minimum absolute atomic E-state index is 0.0377. The second kappa shape index (κ2) is 5.94. The summed E-state index contributed by atoms with van der Waals surface area (Å²) < 4.78 is 19.8. The first-order chi connectivity index (χ1) is 9.04. The smallest absolute Gasteiger partial charge is 0.409 e. The van der Waals surface area contributed by atoms with Gasteiger partial charge in [0.15, 0.2) is 11.1 Å². The Kier molecular flexibility index (Phi) is 4.28. The van der Waals surface area contributed by atoms with Crippen molar-refractivity contribution >= 4 is 34.3 Å². The molecule has 0 bridgehead atoms. The SMILES string of the molecule is O=C(O)Nc1ccc2c(c1)N=C(CS(=O)O)CCC2. The summed E-state index contributed by atoms with van der Waals surface area (Å²) in [5.41, 5.74) is 2.81. The molecule has 102 valence electrons. The van der Waals surface area contributed by atoms with Crippen LogP contribution in [0.1, 0.15) is 18.4 Å². The zero-order valence-corrected chi connectivity index (χ0v) is 10.9. The number of aryl methyl sites for hydroxylation is 1. The van der Waals surface area contributed by atoms with Crippen molar-refractivity contribution in [3.63, 3.8) is 0 Å². The summed E-state index contributed by atoms with van der Waals surface area (Å²) in [6.07, 6.45) is 1.25. The van der Waals surface area contributed by atoms with Crippen molar-refractivity contribution in [1.29, 1.82) is 0 Å². The van der Waals surface area contributed by atoms with E-state index in [0.717, 1.165) is 18.4 Å². The number of anilines is 1. The lowest BCUT2D eigenvalue weighted by Gasteiger charge is -2.06. The van der Waals surface area contributed by atoms with E-state index in [1.807, 2.05) is 6.07 Å². The Bertz CT molecular complexity index is 557. The maximum atomic E-state index is 10.8. The van der Waals surface area contributed by atoms with Gasteiger partial charge in [0.25, 0.3) is 0 Å². The molecule has 1 aromatic rings. The molecule has 1 heterocycles. The quantitative estimate of drug-likeness (QED) is 0.741. The minimum atomic E-state index is -1.90. The molecule has 1 aliphatic rings. The van der Waals surface area contributed by atoms with Gasteiger partial charge in [-0.2, -0.15) is 0 Å². The highest BCUT2D eigenvalue weighted by Gasteiger charge is 2.13. The number of rotatable bonds is 3. The molecule has 3 N–H and O–H groups in total. The zero-order chi connectivity index (χ0) is 13.8. The third kappa shape index (κ3) is 3.87. The second-order valence-corrected chi connectivity index (χ2v) is 5.20. The molecule has 19 heavy (non-hydrogen) atoms. The van der Waals surface area contributed by atoms with Gasteiger partial charge in [-0.25, -0.2) is 9.00 Å². The van der Waals surface area contributed by atoms with Crippen molar-refractivity contribution in [2.24, 2.45) is 4.99 Å². The van der Waals surface area contributed by atoms with Crippen molar-refractivity contribution in [3.8, 4) is 0 Å². The number of carbonyl (C=O) groups is 1. The number of aliphatic imine (C=N–C) groups is 1. The Morgan fingerprint density at radius 1 is 1.42 bits per heavy atom. The first-order valence-electron chi connectivity index (χ1n) is 5.81. The van der Waals surface area contributed by atoms with E-state index in [1.165, 1.54) is 0 Å². The molecular weight excluding hydrogens is 268 g/mol. The Morgan fingerprint density at radius 2 is 2.21 bits per heavy atom. The Labute approximate surface area is 112 Å².